The molecule has 0 saturated carbocycles. The van der Waals surface area contributed by atoms with E-state index in [9.17, 15) is 13.6 Å². The number of pyridine rings is 1. The fraction of sp³-hybridized carbons (Fsp3) is 0.333. The van der Waals surface area contributed by atoms with Crippen LogP contribution in [0.3, 0.4) is 0 Å². The zero-order chi connectivity index (χ0) is 12.3. The van der Waals surface area contributed by atoms with Crippen LogP contribution in [0.2, 0.25) is 0 Å². The lowest BCUT2D eigenvalue weighted by atomic mass is 10.0. The molecule has 0 aliphatic carbocycles. The standard InChI is InChI=1S/C9H9F2IN2O2/c10-9(11)8-5(2-13)4(1-7(15)16)6(12)3-14-8/h3,9H,1-2,13H2,(H,15,16). The summed E-state index contributed by atoms with van der Waals surface area (Å²) in [6.45, 7) is -0.147. The van der Waals surface area contributed by atoms with E-state index in [0.717, 1.165) is 0 Å². The second-order valence-electron chi connectivity index (χ2n) is 3.02. The molecule has 0 atom stereocenters. The number of alkyl halides is 2. The van der Waals surface area contributed by atoms with Gasteiger partial charge in [0.15, 0.2) is 0 Å². The molecule has 0 amide bonds. The summed E-state index contributed by atoms with van der Waals surface area (Å²) < 4.78 is 25.7. The fourth-order valence-corrected chi connectivity index (χ4v) is 1.99. The van der Waals surface area contributed by atoms with Gasteiger partial charge in [0.1, 0.15) is 5.69 Å². The number of halogens is 3. The van der Waals surface area contributed by atoms with Crippen molar-refractivity contribution in [3.8, 4) is 0 Å². The number of hydrogen-bond acceptors (Lipinski definition) is 3. The lowest BCUT2D eigenvalue weighted by Gasteiger charge is -2.12. The zero-order valence-electron chi connectivity index (χ0n) is 8.08. The van der Waals surface area contributed by atoms with E-state index >= 15 is 0 Å². The highest BCUT2D eigenvalue weighted by molar-refractivity contribution is 14.1. The third-order valence-corrected chi connectivity index (χ3v) is 2.95. The molecule has 0 aromatic carbocycles. The van der Waals surface area contributed by atoms with Crippen molar-refractivity contribution in [2.45, 2.75) is 19.4 Å². The molecule has 7 heteroatoms. The van der Waals surface area contributed by atoms with E-state index in [1.807, 2.05) is 22.6 Å². The van der Waals surface area contributed by atoms with Gasteiger partial charge in [0.2, 0.25) is 0 Å². The smallest absolute Gasteiger partial charge is 0.307 e. The van der Waals surface area contributed by atoms with E-state index in [0.29, 0.717) is 9.13 Å². The van der Waals surface area contributed by atoms with Crippen LogP contribution in [-0.2, 0) is 17.8 Å². The Hall–Kier alpha value is -0.830. The first-order valence-electron chi connectivity index (χ1n) is 4.33. The number of carbonyl (C=O) groups is 1. The fourth-order valence-electron chi connectivity index (χ4n) is 1.34. The average Bonchev–Trinajstić information content (AvgIpc) is 2.19. The predicted molar refractivity (Wildman–Crippen MR) is 61.1 cm³/mol. The van der Waals surface area contributed by atoms with Crippen molar-refractivity contribution in [3.05, 3.63) is 26.6 Å². The van der Waals surface area contributed by atoms with Crippen LogP contribution in [-0.4, -0.2) is 16.1 Å². The zero-order valence-corrected chi connectivity index (χ0v) is 10.2. The molecule has 0 radical (unpaired) electrons. The largest absolute Gasteiger partial charge is 0.481 e. The highest BCUT2D eigenvalue weighted by atomic mass is 127. The second kappa shape index (κ2) is 5.48. The molecular formula is C9H9F2IN2O2. The summed E-state index contributed by atoms with van der Waals surface area (Å²) in [6, 6.07) is 0. The summed E-state index contributed by atoms with van der Waals surface area (Å²) in [5.74, 6) is -1.08. The van der Waals surface area contributed by atoms with Crippen LogP contribution in [0.4, 0.5) is 8.78 Å². The first-order chi connectivity index (χ1) is 7.47. The van der Waals surface area contributed by atoms with Crippen molar-refractivity contribution in [2.75, 3.05) is 0 Å². The Kier molecular flexibility index (Phi) is 4.54. The molecule has 1 rings (SSSR count). The van der Waals surface area contributed by atoms with E-state index in [1.54, 1.807) is 0 Å². The topological polar surface area (TPSA) is 76.2 Å². The number of aromatic nitrogens is 1. The molecule has 0 fully saturated rings. The summed E-state index contributed by atoms with van der Waals surface area (Å²) in [4.78, 5) is 14.2. The number of aliphatic carboxylic acids is 1. The minimum Gasteiger partial charge on any atom is -0.481 e. The third kappa shape index (κ3) is 2.85. The summed E-state index contributed by atoms with van der Waals surface area (Å²) in [7, 11) is 0. The third-order valence-electron chi connectivity index (χ3n) is 2.02. The average molecular weight is 342 g/mol. The number of nitrogens with two attached hydrogens (primary N) is 1. The van der Waals surface area contributed by atoms with Gasteiger partial charge in [-0.3, -0.25) is 9.78 Å². The minimum atomic E-state index is -2.75. The molecule has 0 bridgehead atoms. The van der Waals surface area contributed by atoms with Crippen molar-refractivity contribution in [3.63, 3.8) is 0 Å². The molecule has 0 aliphatic rings. The first-order valence-corrected chi connectivity index (χ1v) is 5.41. The number of carboxylic acid groups (broad SMARTS) is 1. The molecule has 4 nitrogen and oxygen atoms in total. The van der Waals surface area contributed by atoms with Gasteiger partial charge in [0.05, 0.1) is 6.42 Å². The van der Waals surface area contributed by atoms with Crippen molar-refractivity contribution in [2.24, 2.45) is 5.73 Å². The van der Waals surface area contributed by atoms with Crippen molar-refractivity contribution < 1.29 is 18.7 Å². The van der Waals surface area contributed by atoms with Crippen molar-refractivity contribution in [1.29, 1.82) is 0 Å². The number of hydrogen-bond donors (Lipinski definition) is 2. The van der Waals surface area contributed by atoms with Crippen LogP contribution >= 0.6 is 22.6 Å². The van der Waals surface area contributed by atoms with Gasteiger partial charge in [-0.25, -0.2) is 8.78 Å². The van der Waals surface area contributed by atoms with Gasteiger partial charge in [-0.15, -0.1) is 0 Å². The Morgan fingerprint density at radius 2 is 2.19 bits per heavy atom. The molecule has 0 unspecified atom stereocenters. The Bertz CT molecular complexity index is 413. The molecule has 1 aromatic rings. The van der Waals surface area contributed by atoms with Crippen LogP contribution in [0.25, 0.3) is 0 Å². The molecule has 3 N–H and O–H groups in total. The van der Waals surface area contributed by atoms with E-state index in [1.165, 1.54) is 6.20 Å². The van der Waals surface area contributed by atoms with Crippen LogP contribution < -0.4 is 5.73 Å². The van der Waals surface area contributed by atoms with Crippen LogP contribution in [0.15, 0.2) is 6.20 Å². The second-order valence-corrected chi connectivity index (χ2v) is 4.19. The normalized spacial score (nSPS) is 10.8. The van der Waals surface area contributed by atoms with Crippen LogP contribution in [0, 0.1) is 3.57 Å². The lowest BCUT2D eigenvalue weighted by molar-refractivity contribution is -0.136. The number of nitrogens with zero attached hydrogens (tertiary/aromatic N) is 1. The monoisotopic (exact) mass is 342 g/mol. The number of carboxylic acids is 1. The molecule has 0 saturated heterocycles. The summed E-state index contributed by atoms with van der Waals surface area (Å²) in [6.07, 6.45) is -1.84. The van der Waals surface area contributed by atoms with E-state index < -0.39 is 18.1 Å². The first kappa shape index (κ1) is 13.2. The van der Waals surface area contributed by atoms with E-state index in [-0.39, 0.29) is 18.5 Å². The van der Waals surface area contributed by atoms with Gasteiger partial charge in [-0.1, -0.05) is 0 Å². The summed E-state index contributed by atoms with van der Waals surface area (Å²) in [5, 5.41) is 8.69. The molecule has 0 aliphatic heterocycles. The maximum Gasteiger partial charge on any atom is 0.307 e. The Balaban J connectivity index is 3.32. The van der Waals surface area contributed by atoms with E-state index in [2.05, 4.69) is 4.98 Å². The molecule has 16 heavy (non-hydrogen) atoms. The molecular weight excluding hydrogens is 333 g/mol. The van der Waals surface area contributed by atoms with Crippen LogP contribution in [0.5, 0.6) is 0 Å². The van der Waals surface area contributed by atoms with Crippen molar-refractivity contribution >= 4 is 28.6 Å². The molecule has 88 valence electrons. The molecule has 0 spiro atoms. The number of rotatable bonds is 4. The SMILES string of the molecule is NCc1c(C(F)F)ncc(I)c1CC(=O)O. The Labute approximate surface area is 104 Å². The minimum absolute atomic E-state index is 0.129. The van der Waals surface area contributed by atoms with Gasteiger partial charge < -0.3 is 10.8 Å². The van der Waals surface area contributed by atoms with Gasteiger partial charge in [0, 0.05) is 16.3 Å². The molecule has 1 heterocycles. The van der Waals surface area contributed by atoms with Gasteiger partial charge in [-0.05, 0) is 33.7 Å². The summed E-state index contributed by atoms with van der Waals surface area (Å²) in [5.41, 5.74) is 5.38. The summed E-state index contributed by atoms with van der Waals surface area (Å²) >= 11 is 1.86. The van der Waals surface area contributed by atoms with Crippen molar-refractivity contribution in [1.82, 2.24) is 4.98 Å². The Morgan fingerprint density at radius 3 is 2.62 bits per heavy atom. The van der Waals surface area contributed by atoms with E-state index in [4.69, 9.17) is 10.8 Å². The maximum absolute atomic E-state index is 12.6. The highest BCUT2D eigenvalue weighted by Crippen LogP contribution is 2.26. The van der Waals surface area contributed by atoms with Gasteiger partial charge in [0.25, 0.3) is 6.43 Å². The Morgan fingerprint density at radius 1 is 1.56 bits per heavy atom. The van der Waals surface area contributed by atoms with Gasteiger partial charge >= 0.3 is 5.97 Å². The van der Waals surface area contributed by atoms with Gasteiger partial charge in [-0.2, -0.15) is 0 Å². The molecule has 1 aromatic heterocycles. The quantitative estimate of drug-likeness (QED) is 0.817. The predicted octanol–water partition coefficient (Wildman–Crippen LogP) is 1.71. The van der Waals surface area contributed by atoms with Crippen LogP contribution in [0.1, 0.15) is 23.2 Å². The highest BCUT2D eigenvalue weighted by Gasteiger charge is 2.20. The lowest BCUT2D eigenvalue weighted by Crippen LogP contribution is -2.13. The maximum atomic E-state index is 12.6.